The Morgan fingerprint density at radius 1 is 1.47 bits per heavy atom. The molecule has 17 heavy (non-hydrogen) atoms. The lowest BCUT2D eigenvalue weighted by atomic mass is 9.85. The molecule has 1 heterocycles. The van der Waals surface area contributed by atoms with Crippen molar-refractivity contribution >= 4 is 5.82 Å². The number of aromatic nitrogens is 3. The largest absolute Gasteiger partial charge is 0.369 e. The van der Waals surface area contributed by atoms with E-state index in [1.807, 2.05) is 4.68 Å². The molecule has 2 rings (SSSR count). The molecule has 1 aliphatic carbocycles. The molecule has 0 bridgehead atoms. The number of rotatable bonds is 5. The number of hydrogen-bond donors (Lipinski definition) is 2. The first kappa shape index (κ1) is 12.4. The zero-order valence-electron chi connectivity index (χ0n) is 10.6. The highest BCUT2D eigenvalue weighted by molar-refractivity contribution is 5.30. The van der Waals surface area contributed by atoms with Gasteiger partial charge in [0.05, 0.1) is 6.20 Å². The van der Waals surface area contributed by atoms with Crippen LogP contribution in [0.25, 0.3) is 0 Å². The van der Waals surface area contributed by atoms with Crippen LogP contribution in [0.15, 0.2) is 6.20 Å². The third kappa shape index (κ3) is 3.19. The van der Waals surface area contributed by atoms with E-state index >= 15 is 0 Å². The molecular formula is C12H23N5. The average molecular weight is 237 g/mol. The van der Waals surface area contributed by atoms with Crippen LogP contribution >= 0.6 is 0 Å². The van der Waals surface area contributed by atoms with Crippen LogP contribution in [0.5, 0.6) is 0 Å². The first-order valence-electron chi connectivity index (χ1n) is 6.69. The van der Waals surface area contributed by atoms with Gasteiger partial charge in [-0.15, -0.1) is 5.10 Å². The standard InChI is InChI=1S/C12H23N5/c1-2-7-17-12(9-15-16-17)14-8-10-5-3-4-6-11(10)13/h9-11,14H,2-8,13H2,1H3. The number of nitrogens with one attached hydrogen (secondary N) is 1. The Balaban J connectivity index is 1.86. The summed E-state index contributed by atoms with van der Waals surface area (Å²) in [5.74, 6) is 1.61. The molecule has 96 valence electrons. The van der Waals surface area contributed by atoms with E-state index in [4.69, 9.17) is 5.73 Å². The van der Waals surface area contributed by atoms with Crippen molar-refractivity contribution in [3.63, 3.8) is 0 Å². The molecule has 1 fully saturated rings. The maximum Gasteiger partial charge on any atom is 0.144 e. The fourth-order valence-corrected chi connectivity index (χ4v) is 2.50. The zero-order valence-corrected chi connectivity index (χ0v) is 10.6. The quantitative estimate of drug-likeness (QED) is 0.816. The SMILES string of the molecule is CCCn1nncc1NCC1CCCCC1N. The van der Waals surface area contributed by atoms with Gasteiger partial charge in [-0.25, -0.2) is 4.68 Å². The predicted octanol–water partition coefficient (Wildman–Crippen LogP) is 1.62. The van der Waals surface area contributed by atoms with Gasteiger partial charge < -0.3 is 11.1 Å². The molecular weight excluding hydrogens is 214 g/mol. The number of nitrogens with two attached hydrogens (primary N) is 1. The summed E-state index contributed by atoms with van der Waals surface area (Å²) >= 11 is 0. The Labute approximate surface area is 103 Å². The molecule has 0 aliphatic heterocycles. The van der Waals surface area contributed by atoms with Crippen LogP contribution in [0.3, 0.4) is 0 Å². The van der Waals surface area contributed by atoms with Crippen LogP contribution in [0.2, 0.25) is 0 Å². The fourth-order valence-electron chi connectivity index (χ4n) is 2.50. The summed E-state index contributed by atoms with van der Waals surface area (Å²) in [6.07, 6.45) is 7.87. The molecule has 1 aromatic rings. The summed E-state index contributed by atoms with van der Waals surface area (Å²) in [5, 5.41) is 11.4. The maximum absolute atomic E-state index is 6.14. The third-order valence-corrected chi connectivity index (χ3v) is 3.57. The molecule has 2 unspecified atom stereocenters. The van der Waals surface area contributed by atoms with E-state index in [9.17, 15) is 0 Å². The van der Waals surface area contributed by atoms with Gasteiger partial charge >= 0.3 is 0 Å². The van der Waals surface area contributed by atoms with Crippen LogP contribution in [0, 0.1) is 5.92 Å². The second kappa shape index (κ2) is 6.00. The summed E-state index contributed by atoms with van der Waals surface area (Å²) in [6, 6.07) is 0.353. The molecule has 0 radical (unpaired) electrons. The second-order valence-corrected chi connectivity index (χ2v) is 4.93. The van der Waals surface area contributed by atoms with Gasteiger partial charge in [-0.05, 0) is 25.2 Å². The van der Waals surface area contributed by atoms with Crippen LogP contribution < -0.4 is 11.1 Å². The molecule has 0 amide bonds. The van der Waals surface area contributed by atoms with Crippen molar-refractivity contribution in [1.29, 1.82) is 0 Å². The molecule has 1 aromatic heterocycles. The van der Waals surface area contributed by atoms with E-state index in [0.717, 1.165) is 25.3 Å². The lowest BCUT2D eigenvalue weighted by Gasteiger charge is -2.28. The van der Waals surface area contributed by atoms with Gasteiger partial charge in [0.1, 0.15) is 5.82 Å². The molecule has 0 saturated heterocycles. The Bertz CT molecular complexity index is 335. The molecule has 0 spiro atoms. The van der Waals surface area contributed by atoms with E-state index < -0.39 is 0 Å². The van der Waals surface area contributed by atoms with Crippen molar-refractivity contribution in [1.82, 2.24) is 15.0 Å². The van der Waals surface area contributed by atoms with Crippen LogP contribution in [0.1, 0.15) is 39.0 Å². The summed E-state index contributed by atoms with van der Waals surface area (Å²) in [7, 11) is 0. The highest BCUT2D eigenvalue weighted by Gasteiger charge is 2.21. The predicted molar refractivity (Wildman–Crippen MR) is 68.7 cm³/mol. The molecule has 5 nitrogen and oxygen atoms in total. The lowest BCUT2D eigenvalue weighted by Crippen LogP contribution is -2.37. The van der Waals surface area contributed by atoms with Crippen molar-refractivity contribution in [3.05, 3.63) is 6.20 Å². The molecule has 3 N–H and O–H groups in total. The van der Waals surface area contributed by atoms with Gasteiger partial charge in [-0.3, -0.25) is 0 Å². The monoisotopic (exact) mass is 237 g/mol. The van der Waals surface area contributed by atoms with Gasteiger partial charge in [0, 0.05) is 19.1 Å². The first-order valence-corrected chi connectivity index (χ1v) is 6.69. The number of aryl methyl sites for hydroxylation is 1. The van der Waals surface area contributed by atoms with Crippen LogP contribution in [0.4, 0.5) is 5.82 Å². The molecule has 2 atom stereocenters. The van der Waals surface area contributed by atoms with Crippen LogP contribution in [-0.4, -0.2) is 27.6 Å². The maximum atomic E-state index is 6.14. The number of anilines is 1. The number of hydrogen-bond acceptors (Lipinski definition) is 4. The summed E-state index contributed by atoms with van der Waals surface area (Å²) in [6.45, 7) is 4.00. The van der Waals surface area contributed by atoms with Gasteiger partial charge in [0.15, 0.2) is 0 Å². The highest BCUT2D eigenvalue weighted by Crippen LogP contribution is 2.23. The normalized spacial score (nSPS) is 24.8. The minimum absolute atomic E-state index is 0.353. The van der Waals surface area contributed by atoms with E-state index in [0.29, 0.717) is 12.0 Å². The smallest absolute Gasteiger partial charge is 0.144 e. The third-order valence-electron chi connectivity index (χ3n) is 3.57. The van der Waals surface area contributed by atoms with E-state index in [-0.39, 0.29) is 0 Å². The Morgan fingerprint density at radius 2 is 2.29 bits per heavy atom. The second-order valence-electron chi connectivity index (χ2n) is 4.93. The molecule has 0 aromatic carbocycles. The van der Waals surface area contributed by atoms with Crippen LogP contribution in [-0.2, 0) is 6.54 Å². The van der Waals surface area contributed by atoms with Gasteiger partial charge in [0.25, 0.3) is 0 Å². The van der Waals surface area contributed by atoms with Gasteiger partial charge in [-0.2, -0.15) is 0 Å². The number of nitrogens with zero attached hydrogens (tertiary/aromatic N) is 3. The van der Waals surface area contributed by atoms with E-state index in [2.05, 4.69) is 22.6 Å². The molecule has 1 saturated carbocycles. The fraction of sp³-hybridized carbons (Fsp3) is 0.833. The van der Waals surface area contributed by atoms with E-state index in [1.54, 1.807) is 6.20 Å². The Hall–Kier alpha value is -1.10. The molecule has 1 aliphatic rings. The topological polar surface area (TPSA) is 68.8 Å². The van der Waals surface area contributed by atoms with Crippen molar-refractivity contribution in [2.24, 2.45) is 11.7 Å². The van der Waals surface area contributed by atoms with Crippen molar-refractivity contribution < 1.29 is 0 Å². The van der Waals surface area contributed by atoms with Gasteiger partial charge in [0.2, 0.25) is 0 Å². The summed E-state index contributed by atoms with van der Waals surface area (Å²) in [5.41, 5.74) is 6.14. The van der Waals surface area contributed by atoms with Crippen molar-refractivity contribution in [3.8, 4) is 0 Å². The highest BCUT2D eigenvalue weighted by atomic mass is 15.4. The summed E-state index contributed by atoms with van der Waals surface area (Å²) in [4.78, 5) is 0. The first-order chi connectivity index (χ1) is 8.31. The Morgan fingerprint density at radius 3 is 3.06 bits per heavy atom. The lowest BCUT2D eigenvalue weighted by molar-refractivity contribution is 0.320. The minimum Gasteiger partial charge on any atom is -0.369 e. The average Bonchev–Trinajstić information content (AvgIpc) is 2.76. The van der Waals surface area contributed by atoms with E-state index in [1.165, 1.54) is 25.7 Å². The van der Waals surface area contributed by atoms with Crippen molar-refractivity contribution in [2.45, 2.75) is 51.6 Å². The van der Waals surface area contributed by atoms with Crippen molar-refractivity contribution in [2.75, 3.05) is 11.9 Å². The Kier molecular flexibility index (Phi) is 4.36. The summed E-state index contributed by atoms with van der Waals surface area (Å²) < 4.78 is 1.92. The van der Waals surface area contributed by atoms with Gasteiger partial charge in [-0.1, -0.05) is 25.0 Å². The zero-order chi connectivity index (χ0) is 12.1. The minimum atomic E-state index is 0.353. The molecule has 5 heteroatoms.